The Balaban J connectivity index is 1.80. The molecule has 1 aliphatic heterocycles. The van der Waals surface area contributed by atoms with Crippen molar-refractivity contribution in [1.82, 2.24) is 0 Å². The maximum Gasteiger partial charge on any atom is 0.335 e. The van der Waals surface area contributed by atoms with Gasteiger partial charge in [-0.05, 0) is 78.2 Å². The molecule has 0 saturated heterocycles. The number of carbonyl (C=O) groups excluding carboxylic acids is 1. The summed E-state index contributed by atoms with van der Waals surface area (Å²) in [5.41, 5.74) is 1.18. The number of Topliss-reactive ketones (excluding diaryl/α,β-unsaturated/α-hetero) is 1. The summed E-state index contributed by atoms with van der Waals surface area (Å²) in [7, 11) is 0. The van der Waals surface area contributed by atoms with E-state index < -0.39 is 11.5 Å². The van der Waals surface area contributed by atoms with Gasteiger partial charge in [-0.3, -0.25) is 9.79 Å². The lowest BCUT2D eigenvalue weighted by Crippen LogP contribution is -2.36. The molecule has 4 rings (SSSR count). The Morgan fingerprint density at radius 2 is 1.81 bits per heavy atom. The first-order valence-electron chi connectivity index (χ1n) is 11.3. The second-order valence-corrected chi connectivity index (χ2v) is 9.61. The molecule has 184 valence electrons. The summed E-state index contributed by atoms with van der Waals surface area (Å²) in [5.74, 6) is -0.714. The number of nitrogens with zero attached hydrogens (tertiary/aromatic N) is 1. The Kier molecular flexibility index (Phi) is 7.84. The molecule has 0 spiro atoms. The van der Waals surface area contributed by atoms with E-state index in [1.807, 2.05) is 19.1 Å². The van der Waals surface area contributed by atoms with Crippen molar-refractivity contribution in [2.24, 2.45) is 4.99 Å². The van der Waals surface area contributed by atoms with Crippen molar-refractivity contribution >= 4 is 52.8 Å². The van der Waals surface area contributed by atoms with Crippen molar-refractivity contribution in [3.8, 4) is 16.9 Å². The lowest BCUT2D eigenvalue weighted by atomic mass is 9.83. The van der Waals surface area contributed by atoms with Gasteiger partial charge in [-0.25, -0.2) is 4.79 Å². The van der Waals surface area contributed by atoms with Crippen LogP contribution in [-0.4, -0.2) is 35.2 Å². The van der Waals surface area contributed by atoms with Crippen LogP contribution in [0.2, 0.25) is 15.1 Å². The molecule has 1 N–H and O–H groups in total. The minimum atomic E-state index is -1.23. The van der Waals surface area contributed by atoms with E-state index in [-0.39, 0.29) is 22.8 Å². The molecular formula is C28H22Cl3NO4. The average Bonchev–Trinajstić information content (AvgIpc) is 3.32. The highest BCUT2D eigenvalue weighted by atomic mass is 35.5. The zero-order chi connectivity index (χ0) is 25.9. The number of hydrogen-bond donors (Lipinski definition) is 1. The molecule has 1 atom stereocenters. The van der Waals surface area contributed by atoms with E-state index in [1.54, 1.807) is 42.6 Å². The molecule has 0 bridgehead atoms. The Bertz CT molecular complexity index is 1390. The summed E-state index contributed by atoms with van der Waals surface area (Å²) in [6.45, 7) is 2.49. The monoisotopic (exact) mass is 541 g/mol. The number of aromatic carboxylic acids is 1. The van der Waals surface area contributed by atoms with Gasteiger partial charge in [-0.1, -0.05) is 47.8 Å². The van der Waals surface area contributed by atoms with Crippen molar-refractivity contribution in [2.45, 2.75) is 25.3 Å². The molecular weight excluding hydrogens is 521 g/mol. The van der Waals surface area contributed by atoms with E-state index in [9.17, 15) is 14.7 Å². The van der Waals surface area contributed by atoms with Crippen LogP contribution in [-0.2, 0) is 6.42 Å². The Hall–Kier alpha value is -3.12. The van der Waals surface area contributed by atoms with Crippen molar-refractivity contribution < 1.29 is 19.4 Å². The number of carboxylic acid groups (broad SMARTS) is 1. The normalized spacial score (nSPS) is 16.3. The second-order valence-electron chi connectivity index (χ2n) is 8.36. The average molecular weight is 543 g/mol. The summed E-state index contributed by atoms with van der Waals surface area (Å²) >= 11 is 18.8. The predicted octanol–water partition coefficient (Wildman–Crippen LogP) is 7.61. The molecule has 1 unspecified atom stereocenters. The topological polar surface area (TPSA) is 76.0 Å². The standard InChI is InChI=1S/C28H22Cl3NO4/c1-2-12-36-25-9-5-17(22-14-18(27(34)35)4-8-23(22)30)13-19(25)16-28(10-3-11-32-28)26(33)21-7-6-20(29)15-24(21)31/h3-11,13-15H,2,12,16H2,1H3,(H,34,35). The smallest absolute Gasteiger partial charge is 0.335 e. The first-order valence-corrected chi connectivity index (χ1v) is 12.4. The molecule has 0 aromatic heterocycles. The molecule has 3 aromatic carbocycles. The van der Waals surface area contributed by atoms with Gasteiger partial charge in [0.15, 0.2) is 5.78 Å². The summed E-state index contributed by atoms with van der Waals surface area (Å²) in [5, 5.41) is 10.5. The number of rotatable bonds is 9. The highest BCUT2D eigenvalue weighted by molar-refractivity contribution is 6.37. The van der Waals surface area contributed by atoms with E-state index in [0.717, 1.165) is 12.0 Å². The number of hydrogen-bond acceptors (Lipinski definition) is 4. The van der Waals surface area contributed by atoms with Crippen LogP contribution in [0, 0.1) is 0 Å². The summed E-state index contributed by atoms with van der Waals surface area (Å²) in [6, 6.07) is 14.8. The quantitative estimate of drug-likeness (QED) is 0.282. The third-order valence-corrected chi connectivity index (χ3v) is 6.72. The Morgan fingerprint density at radius 1 is 1.00 bits per heavy atom. The number of benzene rings is 3. The van der Waals surface area contributed by atoms with Gasteiger partial charge < -0.3 is 9.84 Å². The van der Waals surface area contributed by atoms with E-state index >= 15 is 0 Å². The van der Waals surface area contributed by atoms with Crippen LogP contribution in [0.1, 0.15) is 39.6 Å². The van der Waals surface area contributed by atoms with Crippen LogP contribution in [0.4, 0.5) is 0 Å². The molecule has 0 radical (unpaired) electrons. The lowest BCUT2D eigenvalue weighted by molar-refractivity contribution is 0.0696. The fraction of sp³-hybridized carbons (Fsp3) is 0.179. The highest BCUT2D eigenvalue weighted by Crippen LogP contribution is 2.37. The fourth-order valence-electron chi connectivity index (χ4n) is 4.06. The van der Waals surface area contributed by atoms with Gasteiger partial charge in [0.2, 0.25) is 0 Å². The Labute approximate surface area is 224 Å². The maximum atomic E-state index is 13.7. The third-order valence-electron chi connectivity index (χ3n) is 5.84. The first kappa shape index (κ1) is 26.0. The minimum absolute atomic E-state index is 0.120. The zero-order valence-corrected chi connectivity index (χ0v) is 21.6. The molecule has 0 fully saturated rings. The number of ketones is 1. The number of ether oxygens (including phenoxy) is 1. The van der Waals surface area contributed by atoms with Crippen molar-refractivity contribution in [1.29, 1.82) is 0 Å². The highest BCUT2D eigenvalue weighted by Gasteiger charge is 2.39. The number of carboxylic acids is 1. The van der Waals surface area contributed by atoms with Crippen LogP contribution in [0.25, 0.3) is 11.1 Å². The van der Waals surface area contributed by atoms with Crippen molar-refractivity contribution in [3.63, 3.8) is 0 Å². The maximum absolute atomic E-state index is 13.7. The van der Waals surface area contributed by atoms with Gasteiger partial charge in [0, 0.05) is 33.8 Å². The fourth-order valence-corrected chi connectivity index (χ4v) is 4.78. The first-order chi connectivity index (χ1) is 17.2. The van der Waals surface area contributed by atoms with Gasteiger partial charge in [-0.15, -0.1) is 0 Å². The molecule has 0 aliphatic carbocycles. The number of carbonyl (C=O) groups is 2. The molecule has 8 heteroatoms. The van der Waals surface area contributed by atoms with Crippen LogP contribution in [0.5, 0.6) is 5.75 Å². The molecule has 36 heavy (non-hydrogen) atoms. The van der Waals surface area contributed by atoms with Gasteiger partial charge in [0.1, 0.15) is 11.3 Å². The molecule has 1 aliphatic rings. The van der Waals surface area contributed by atoms with E-state index in [4.69, 9.17) is 39.5 Å². The van der Waals surface area contributed by atoms with Crippen LogP contribution >= 0.6 is 34.8 Å². The van der Waals surface area contributed by atoms with Crippen LogP contribution < -0.4 is 4.74 Å². The third kappa shape index (κ3) is 5.34. The molecule has 0 amide bonds. The van der Waals surface area contributed by atoms with Crippen LogP contribution in [0.3, 0.4) is 0 Å². The molecule has 5 nitrogen and oxygen atoms in total. The lowest BCUT2D eigenvalue weighted by Gasteiger charge is -2.25. The molecule has 1 heterocycles. The number of halogens is 3. The van der Waals surface area contributed by atoms with Gasteiger partial charge in [-0.2, -0.15) is 0 Å². The van der Waals surface area contributed by atoms with Gasteiger partial charge in [0.25, 0.3) is 0 Å². The predicted molar refractivity (Wildman–Crippen MR) is 144 cm³/mol. The summed E-state index contributed by atoms with van der Waals surface area (Å²) in [4.78, 5) is 29.8. The SMILES string of the molecule is CCCOc1ccc(-c2cc(C(=O)O)ccc2Cl)cc1CC1(C(=O)c2ccc(Cl)cc2Cl)C=CC=N1. The van der Waals surface area contributed by atoms with E-state index in [2.05, 4.69) is 4.99 Å². The second kappa shape index (κ2) is 10.9. The Morgan fingerprint density at radius 3 is 2.47 bits per heavy atom. The number of aliphatic imine (C=N–C) groups is 1. The van der Waals surface area contributed by atoms with E-state index in [1.165, 1.54) is 18.2 Å². The van der Waals surface area contributed by atoms with Crippen LogP contribution in [0.15, 0.2) is 71.7 Å². The minimum Gasteiger partial charge on any atom is -0.493 e. The molecule has 0 saturated carbocycles. The van der Waals surface area contributed by atoms with Crippen molar-refractivity contribution in [2.75, 3.05) is 6.61 Å². The largest absolute Gasteiger partial charge is 0.493 e. The van der Waals surface area contributed by atoms with Gasteiger partial charge >= 0.3 is 5.97 Å². The molecule has 3 aromatic rings. The number of allylic oxidation sites excluding steroid dienone is 1. The van der Waals surface area contributed by atoms with Gasteiger partial charge in [0.05, 0.1) is 17.2 Å². The summed E-state index contributed by atoms with van der Waals surface area (Å²) in [6.07, 6.45) is 6.06. The zero-order valence-electron chi connectivity index (χ0n) is 19.3. The van der Waals surface area contributed by atoms with E-state index in [0.29, 0.717) is 39.1 Å². The van der Waals surface area contributed by atoms with Crippen molar-refractivity contribution in [3.05, 3.63) is 98.5 Å². The summed E-state index contributed by atoms with van der Waals surface area (Å²) < 4.78 is 5.99.